The minimum absolute atomic E-state index is 0.0217. The highest BCUT2D eigenvalue weighted by Gasteiger charge is 2.11. The number of amides is 1. The van der Waals surface area contributed by atoms with Crippen molar-refractivity contribution in [1.29, 1.82) is 0 Å². The second-order valence-corrected chi connectivity index (χ2v) is 6.21. The normalized spacial score (nSPS) is 11.0. The number of nitrogens with one attached hydrogen (secondary N) is 1. The maximum atomic E-state index is 12.4. The number of aryl methyl sites for hydroxylation is 1. The van der Waals surface area contributed by atoms with E-state index in [-0.39, 0.29) is 5.91 Å². The number of furan rings is 1. The van der Waals surface area contributed by atoms with Gasteiger partial charge in [-0.15, -0.1) is 0 Å². The summed E-state index contributed by atoms with van der Waals surface area (Å²) >= 11 is 0. The molecule has 0 bridgehead atoms. The molecule has 1 amide bonds. The van der Waals surface area contributed by atoms with E-state index in [1.807, 2.05) is 55.6 Å². The van der Waals surface area contributed by atoms with Gasteiger partial charge in [0.1, 0.15) is 5.69 Å². The van der Waals surface area contributed by atoms with Crippen molar-refractivity contribution in [2.75, 3.05) is 0 Å². The maximum absolute atomic E-state index is 12.4. The summed E-state index contributed by atoms with van der Waals surface area (Å²) in [4.78, 5) is 12.4. The standard InChI is InChI=1S/C21H19N3O2/c1-24-19(20-10-5-11-26-20)13-17(23-24)14-22-21(25)12-16-8-4-7-15-6-2-3-9-18(15)16/h2-11,13H,12,14H2,1H3,(H,22,25). The van der Waals surface area contributed by atoms with Gasteiger partial charge in [-0.3, -0.25) is 9.48 Å². The number of hydrogen-bond acceptors (Lipinski definition) is 3. The quantitative estimate of drug-likeness (QED) is 0.600. The van der Waals surface area contributed by atoms with Gasteiger partial charge in [0.2, 0.25) is 5.91 Å². The summed E-state index contributed by atoms with van der Waals surface area (Å²) < 4.78 is 7.17. The molecule has 4 rings (SSSR count). The summed E-state index contributed by atoms with van der Waals surface area (Å²) in [6.07, 6.45) is 1.98. The Kier molecular flexibility index (Phi) is 4.27. The summed E-state index contributed by atoms with van der Waals surface area (Å²) in [7, 11) is 1.86. The zero-order valence-corrected chi connectivity index (χ0v) is 14.5. The average molecular weight is 345 g/mol. The van der Waals surface area contributed by atoms with Gasteiger partial charge in [-0.1, -0.05) is 42.5 Å². The van der Waals surface area contributed by atoms with Gasteiger partial charge in [0, 0.05) is 7.05 Å². The van der Waals surface area contributed by atoms with Crippen LogP contribution in [0.5, 0.6) is 0 Å². The van der Waals surface area contributed by atoms with E-state index < -0.39 is 0 Å². The molecule has 0 radical (unpaired) electrons. The van der Waals surface area contributed by atoms with Crippen LogP contribution in [0.1, 0.15) is 11.3 Å². The summed E-state index contributed by atoms with van der Waals surface area (Å²) in [5.74, 6) is 0.736. The van der Waals surface area contributed by atoms with Gasteiger partial charge in [0.05, 0.1) is 24.9 Å². The third kappa shape index (κ3) is 3.24. The van der Waals surface area contributed by atoms with Crippen LogP contribution in [0.25, 0.3) is 22.2 Å². The second kappa shape index (κ2) is 6.88. The molecule has 2 heterocycles. The van der Waals surface area contributed by atoms with E-state index >= 15 is 0 Å². The van der Waals surface area contributed by atoms with Gasteiger partial charge in [-0.25, -0.2) is 0 Å². The van der Waals surface area contributed by atoms with E-state index in [9.17, 15) is 4.79 Å². The van der Waals surface area contributed by atoms with E-state index in [2.05, 4.69) is 22.5 Å². The Balaban J connectivity index is 1.44. The fraction of sp³-hybridized carbons (Fsp3) is 0.143. The van der Waals surface area contributed by atoms with Crippen LogP contribution in [0.3, 0.4) is 0 Å². The Bertz CT molecular complexity index is 1040. The Morgan fingerprint density at radius 2 is 1.96 bits per heavy atom. The van der Waals surface area contributed by atoms with Crippen LogP contribution < -0.4 is 5.32 Å². The number of rotatable bonds is 5. The monoisotopic (exact) mass is 345 g/mol. The maximum Gasteiger partial charge on any atom is 0.224 e. The lowest BCUT2D eigenvalue weighted by Gasteiger charge is -2.07. The first kappa shape index (κ1) is 16.1. The van der Waals surface area contributed by atoms with E-state index in [0.29, 0.717) is 13.0 Å². The average Bonchev–Trinajstić information content (AvgIpc) is 3.30. The van der Waals surface area contributed by atoms with Gasteiger partial charge in [-0.05, 0) is 34.5 Å². The molecule has 0 aliphatic carbocycles. The predicted molar refractivity (Wildman–Crippen MR) is 100 cm³/mol. The van der Waals surface area contributed by atoms with Crippen LogP contribution in [-0.2, 0) is 24.8 Å². The highest BCUT2D eigenvalue weighted by atomic mass is 16.3. The molecule has 0 fully saturated rings. The van der Waals surface area contributed by atoms with Gasteiger partial charge >= 0.3 is 0 Å². The molecule has 5 nitrogen and oxygen atoms in total. The summed E-state index contributed by atoms with van der Waals surface area (Å²) in [5.41, 5.74) is 2.70. The number of fused-ring (bicyclic) bond motifs is 1. The largest absolute Gasteiger partial charge is 0.463 e. The first-order valence-electron chi connectivity index (χ1n) is 8.51. The van der Waals surface area contributed by atoms with E-state index in [1.165, 1.54) is 0 Å². The Hall–Kier alpha value is -3.34. The van der Waals surface area contributed by atoms with Crippen LogP contribution in [-0.4, -0.2) is 15.7 Å². The van der Waals surface area contributed by atoms with Gasteiger partial charge in [0.15, 0.2) is 5.76 Å². The molecule has 0 spiro atoms. The lowest BCUT2D eigenvalue weighted by molar-refractivity contribution is -0.120. The molecular weight excluding hydrogens is 326 g/mol. The molecule has 2 aromatic carbocycles. The highest BCUT2D eigenvalue weighted by molar-refractivity contribution is 5.90. The van der Waals surface area contributed by atoms with Crippen molar-refractivity contribution >= 4 is 16.7 Å². The van der Waals surface area contributed by atoms with Crippen molar-refractivity contribution in [2.24, 2.45) is 7.05 Å². The Morgan fingerprint density at radius 3 is 2.81 bits per heavy atom. The zero-order valence-electron chi connectivity index (χ0n) is 14.5. The lowest BCUT2D eigenvalue weighted by Crippen LogP contribution is -2.24. The highest BCUT2D eigenvalue weighted by Crippen LogP contribution is 2.21. The van der Waals surface area contributed by atoms with Crippen molar-refractivity contribution in [2.45, 2.75) is 13.0 Å². The smallest absolute Gasteiger partial charge is 0.224 e. The molecule has 26 heavy (non-hydrogen) atoms. The number of nitrogens with zero attached hydrogens (tertiary/aromatic N) is 2. The fourth-order valence-corrected chi connectivity index (χ4v) is 3.14. The van der Waals surface area contributed by atoms with E-state index in [4.69, 9.17) is 4.42 Å². The van der Waals surface area contributed by atoms with Crippen molar-refractivity contribution in [3.8, 4) is 11.5 Å². The van der Waals surface area contributed by atoms with E-state index in [1.54, 1.807) is 10.9 Å². The fourth-order valence-electron chi connectivity index (χ4n) is 3.14. The molecule has 5 heteroatoms. The summed E-state index contributed by atoms with van der Waals surface area (Å²) in [6.45, 7) is 0.387. The first-order chi connectivity index (χ1) is 12.7. The third-order valence-electron chi connectivity index (χ3n) is 4.40. The molecule has 0 aliphatic heterocycles. The molecule has 2 aromatic heterocycles. The third-order valence-corrected chi connectivity index (χ3v) is 4.40. The minimum atomic E-state index is -0.0217. The van der Waals surface area contributed by atoms with E-state index in [0.717, 1.165) is 33.5 Å². The molecule has 1 N–H and O–H groups in total. The number of aromatic nitrogens is 2. The van der Waals surface area contributed by atoms with Crippen molar-refractivity contribution in [3.63, 3.8) is 0 Å². The van der Waals surface area contributed by atoms with Crippen LogP contribution in [0.15, 0.2) is 71.3 Å². The van der Waals surface area contributed by atoms with Crippen molar-refractivity contribution in [1.82, 2.24) is 15.1 Å². The van der Waals surface area contributed by atoms with Gasteiger partial charge in [0.25, 0.3) is 0 Å². The molecule has 4 aromatic rings. The van der Waals surface area contributed by atoms with Crippen LogP contribution >= 0.6 is 0 Å². The molecular formula is C21H19N3O2. The van der Waals surface area contributed by atoms with Crippen molar-refractivity contribution in [3.05, 3.63) is 78.2 Å². The van der Waals surface area contributed by atoms with Gasteiger partial charge < -0.3 is 9.73 Å². The molecule has 0 saturated heterocycles. The first-order valence-corrected chi connectivity index (χ1v) is 8.51. The number of benzene rings is 2. The summed E-state index contributed by atoms with van der Waals surface area (Å²) in [6, 6.07) is 19.8. The molecule has 0 atom stereocenters. The number of carbonyl (C=O) groups is 1. The van der Waals surface area contributed by atoms with Crippen LogP contribution in [0, 0.1) is 0 Å². The summed E-state index contributed by atoms with van der Waals surface area (Å²) in [5, 5.41) is 9.65. The Morgan fingerprint density at radius 1 is 1.12 bits per heavy atom. The Labute approximate surface area is 151 Å². The van der Waals surface area contributed by atoms with Crippen LogP contribution in [0.2, 0.25) is 0 Å². The molecule has 0 saturated carbocycles. The molecule has 0 aliphatic rings. The zero-order chi connectivity index (χ0) is 17.9. The SMILES string of the molecule is Cn1nc(CNC(=O)Cc2cccc3ccccc23)cc1-c1ccco1. The van der Waals surface area contributed by atoms with Crippen LogP contribution in [0.4, 0.5) is 0 Å². The second-order valence-electron chi connectivity index (χ2n) is 6.21. The van der Waals surface area contributed by atoms with Crippen molar-refractivity contribution < 1.29 is 9.21 Å². The topological polar surface area (TPSA) is 60.1 Å². The number of carbonyl (C=O) groups excluding carboxylic acids is 1. The predicted octanol–water partition coefficient (Wildman–Crippen LogP) is 3.69. The van der Waals surface area contributed by atoms with Gasteiger partial charge in [-0.2, -0.15) is 5.10 Å². The lowest BCUT2D eigenvalue weighted by atomic mass is 10.0. The number of hydrogen-bond donors (Lipinski definition) is 1. The molecule has 130 valence electrons. The molecule has 0 unspecified atom stereocenters. The minimum Gasteiger partial charge on any atom is -0.463 e.